The van der Waals surface area contributed by atoms with E-state index in [-0.39, 0.29) is 12.3 Å². The lowest BCUT2D eigenvalue weighted by atomic mass is 10.1. The molecule has 29 heavy (non-hydrogen) atoms. The lowest BCUT2D eigenvalue weighted by Gasteiger charge is -2.07. The van der Waals surface area contributed by atoms with Crippen molar-refractivity contribution in [2.45, 2.75) is 26.7 Å². The van der Waals surface area contributed by atoms with Crippen molar-refractivity contribution in [2.24, 2.45) is 5.10 Å². The predicted molar refractivity (Wildman–Crippen MR) is 112 cm³/mol. The van der Waals surface area contributed by atoms with Crippen LogP contribution in [0, 0.1) is 0 Å². The van der Waals surface area contributed by atoms with E-state index >= 15 is 0 Å². The third-order valence-electron chi connectivity index (χ3n) is 3.94. The van der Waals surface area contributed by atoms with Crippen molar-refractivity contribution in [2.75, 3.05) is 17.7 Å². The zero-order valence-corrected chi connectivity index (χ0v) is 16.6. The average Bonchev–Trinajstić information content (AvgIpc) is 2.72. The summed E-state index contributed by atoms with van der Waals surface area (Å²) in [6.07, 6.45) is 0.839. The summed E-state index contributed by atoms with van der Waals surface area (Å²) in [5.41, 5.74) is 4.72. The second kappa shape index (κ2) is 10.6. The number of carbonyl (C=O) groups excluding carboxylic acids is 3. The number of nitrogens with zero attached hydrogens (tertiary/aromatic N) is 1. The van der Waals surface area contributed by atoms with Crippen LogP contribution in [0.5, 0.6) is 5.75 Å². The molecule has 0 saturated carbocycles. The monoisotopic (exact) mass is 396 g/mol. The highest BCUT2D eigenvalue weighted by Crippen LogP contribution is 2.16. The Hall–Kier alpha value is -3.68. The van der Waals surface area contributed by atoms with Crippen LogP contribution in [0.2, 0.25) is 0 Å². The highest BCUT2D eigenvalue weighted by molar-refractivity contribution is 6.39. The van der Waals surface area contributed by atoms with Crippen molar-refractivity contribution in [1.29, 1.82) is 0 Å². The molecule has 8 nitrogen and oxygen atoms in total. The van der Waals surface area contributed by atoms with E-state index in [0.29, 0.717) is 22.8 Å². The number of rotatable bonds is 7. The fraction of sp³-hybridized carbons (Fsp3) is 0.238. The first-order valence-electron chi connectivity index (χ1n) is 9.08. The van der Waals surface area contributed by atoms with Crippen molar-refractivity contribution in [1.82, 2.24) is 5.43 Å². The summed E-state index contributed by atoms with van der Waals surface area (Å²) < 4.78 is 5.10. The van der Waals surface area contributed by atoms with E-state index in [4.69, 9.17) is 4.74 Å². The number of hydrogen-bond donors (Lipinski definition) is 3. The molecule has 0 aliphatic heterocycles. The van der Waals surface area contributed by atoms with Gasteiger partial charge in [-0.15, -0.1) is 0 Å². The minimum atomic E-state index is -0.919. The van der Waals surface area contributed by atoms with Gasteiger partial charge in [0.1, 0.15) is 5.75 Å². The molecule has 0 aliphatic carbocycles. The smallest absolute Gasteiger partial charge is 0.329 e. The number of hydrogen-bond acceptors (Lipinski definition) is 5. The van der Waals surface area contributed by atoms with Crippen molar-refractivity contribution < 1.29 is 19.1 Å². The number of amides is 3. The Morgan fingerprint density at radius 3 is 2.34 bits per heavy atom. The molecule has 3 N–H and O–H groups in total. The van der Waals surface area contributed by atoms with Crippen LogP contribution in [0.25, 0.3) is 0 Å². The maximum Gasteiger partial charge on any atom is 0.329 e. The van der Waals surface area contributed by atoms with Crippen LogP contribution < -0.4 is 20.8 Å². The largest absolute Gasteiger partial charge is 0.497 e. The molecule has 2 aromatic rings. The minimum absolute atomic E-state index is 0.0441. The van der Waals surface area contributed by atoms with Gasteiger partial charge in [-0.25, -0.2) is 5.43 Å². The molecule has 8 heteroatoms. The number of carbonyl (C=O) groups is 3. The normalized spacial score (nSPS) is 10.8. The van der Waals surface area contributed by atoms with Crippen LogP contribution in [-0.2, 0) is 20.8 Å². The molecule has 0 aromatic heterocycles. The Labute approximate surface area is 169 Å². The van der Waals surface area contributed by atoms with E-state index in [1.165, 1.54) is 7.11 Å². The van der Waals surface area contributed by atoms with Gasteiger partial charge < -0.3 is 15.4 Å². The van der Waals surface area contributed by atoms with Gasteiger partial charge in [0.15, 0.2) is 0 Å². The van der Waals surface area contributed by atoms with E-state index < -0.39 is 11.8 Å². The van der Waals surface area contributed by atoms with Crippen molar-refractivity contribution >= 4 is 34.8 Å². The molecule has 0 radical (unpaired) electrons. The van der Waals surface area contributed by atoms with E-state index in [2.05, 4.69) is 21.2 Å². The topological polar surface area (TPSA) is 109 Å². The molecule has 0 saturated heterocycles. The third-order valence-corrected chi connectivity index (χ3v) is 3.94. The maximum absolute atomic E-state index is 12.1. The van der Waals surface area contributed by atoms with Gasteiger partial charge in [0.25, 0.3) is 0 Å². The van der Waals surface area contributed by atoms with Gasteiger partial charge in [-0.3, -0.25) is 14.4 Å². The van der Waals surface area contributed by atoms with E-state index in [0.717, 1.165) is 12.0 Å². The molecule has 0 fully saturated rings. The number of methoxy groups -OCH3 is 1. The molecular weight excluding hydrogens is 372 g/mol. The quantitative estimate of drug-likeness (QED) is 0.380. The lowest BCUT2D eigenvalue weighted by molar-refractivity contribution is -0.136. The van der Waals surface area contributed by atoms with Gasteiger partial charge in [-0.05, 0) is 43.2 Å². The summed E-state index contributed by atoms with van der Waals surface area (Å²) >= 11 is 0. The Morgan fingerprint density at radius 2 is 1.69 bits per heavy atom. The van der Waals surface area contributed by atoms with Crippen molar-refractivity contribution in [3.05, 3.63) is 54.1 Å². The number of hydrazone groups is 1. The Bertz CT molecular complexity index is 907. The first kappa shape index (κ1) is 21.6. The highest BCUT2D eigenvalue weighted by Gasteiger charge is 2.13. The Morgan fingerprint density at radius 1 is 0.966 bits per heavy atom. The van der Waals surface area contributed by atoms with E-state index in [1.54, 1.807) is 43.3 Å². The summed E-state index contributed by atoms with van der Waals surface area (Å²) in [4.78, 5) is 35.9. The summed E-state index contributed by atoms with van der Waals surface area (Å²) in [5.74, 6) is -1.45. The summed E-state index contributed by atoms with van der Waals surface area (Å²) in [6.45, 7) is 3.60. The summed E-state index contributed by atoms with van der Waals surface area (Å²) in [7, 11) is 1.54. The van der Waals surface area contributed by atoms with Gasteiger partial charge in [-0.2, -0.15) is 5.10 Å². The van der Waals surface area contributed by atoms with Gasteiger partial charge >= 0.3 is 11.8 Å². The van der Waals surface area contributed by atoms with Crippen LogP contribution in [0.15, 0.2) is 53.6 Å². The molecule has 2 aromatic carbocycles. The number of ether oxygens (including phenoxy) is 1. The Balaban J connectivity index is 1.83. The fourth-order valence-electron chi connectivity index (χ4n) is 2.39. The highest BCUT2D eigenvalue weighted by atomic mass is 16.5. The zero-order chi connectivity index (χ0) is 21.2. The predicted octanol–water partition coefficient (Wildman–Crippen LogP) is 2.72. The number of anilines is 2. The van der Waals surface area contributed by atoms with Crippen LogP contribution >= 0.6 is 0 Å². The standard InChI is InChI=1S/C21H24N4O4/c1-4-15-8-10-16(11-9-15)23-20(27)21(28)25-24-14(2)12-19(26)22-17-6-5-7-18(13-17)29-3/h5-11,13H,4,12H2,1-3H3,(H,22,26)(H,23,27)(H,25,28). The minimum Gasteiger partial charge on any atom is -0.497 e. The number of benzene rings is 2. The summed E-state index contributed by atoms with van der Waals surface area (Å²) in [5, 5.41) is 9.00. The number of aryl methyl sites for hydroxylation is 1. The molecule has 0 bridgehead atoms. The molecule has 2 rings (SSSR count). The maximum atomic E-state index is 12.1. The fourth-order valence-corrected chi connectivity index (χ4v) is 2.39. The van der Waals surface area contributed by atoms with Gasteiger partial charge in [0.2, 0.25) is 5.91 Å². The first-order valence-corrected chi connectivity index (χ1v) is 9.08. The van der Waals surface area contributed by atoms with Crippen molar-refractivity contribution in [3.8, 4) is 5.75 Å². The number of nitrogens with one attached hydrogen (secondary N) is 3. The summed E-state index contributed by atoms with van der Waals surface area (Å²) in [6, 6.07) is 14.1. The van der Waals surface area contributed by atoms with Crippen molar-refractivity contribution in [3.63, 3.8) is 0 Å². The molecule has 0 unspecified atom stereocenters. The van der Waals surface area contributed by atoms with Crippen LogP contribution in [0.3, 0.4) is 0 Å². The van der Waals surface area contributed by atoms with Crippen LogP contribution in [0.1, 0.15) is 25.8 Å². The van der Waals surface area contributed by atoms with Crippen LogP contribution in [0.4, 0.5) is 11.4 Å². The first-order chi connectivity index (χ1) is 13.9. The molecule has 3 amide bonds. The SMILES string of the molecule is CCc1ccc(NC(=O)C(=O)NN=C(C)CC(=O)Nc2cccc(OC)c2)cc1. The van der Waals surface area contributed by atoms with Gasteiger partial charge in [0.05, 0.1) is 13.5 Å². The second-order valence-corrected chi connectivity index (χ2v) is 6.25. The molecule has 152 valence electrons. The molecule has 0 aliphatic rings. The van der Waals surface area contributed by atoms with E-state index in [9.17, 15) is 14.4 Å². The second-order valence-electron chi connectivity index (χ2n) is 6.25. The van der Waals surface area contributed by atoms with Gasteiger partial charge in [0, 0.05) is 23.2 Å². The average molecular weight is 396 g/mol. The molecule has 0 atom stereocenters. The van der Waals surface area contributed by atoms with E-state index in [1.807, 2.05) is 19.1 Å². The van der Waals surface area contributed by atoms with Crippen LogP contribution in [-0.4, -0.2) is 30.5 Å². The molecular formula is C21H24N4O4. The zero-order valence-electron chi connectivity index (χ0n) is 16.6. The Kier molecular flexibility index (Phi) is 7.90. The van der Waals surface area contributed by atoms with Gasteiger partial charge in [-0.1, -0.05) is 25.1 Å². The third kappa shape index (κ3) is 7.10. The lowest BCUT2D eigenvalue weighted by Crippen LogP contribution is -2.33. The molecule has 0 heterocycles. The molecule has 0 spiro atoms.